The van der Waals surface area contributed by atoms with Gasteiger partial charge < -0.3 is 15.3 Å². The molecule has 1 rings (SSSR count). The predicted octanol–water partition coefficient (Wildman–Crippen LogP) is 1.60. The zero-order valence-corrected chi connectivity index (χ0v) is 8.60. The molecule has 0 spiro atoms. The van der Waals surface area contributed by atoms with Crippen molar-refractivity contribution in [2.45, 2.75) is 0 Å². The number of hydrogen-bond acceptors (Lipinski definition) is 3. The number of aromatic hydroxyl groups is 1. The highest BCUT2D eigenvalue weighted by atomic mass is 35.5. The average molecular weight is 243 g/mol. The highest BCUT2D eigenvalue weighted by Crippen LogP contribution is 2.23. The summed E-state index contributed by atoms with van der Waals surface area (Å²) in [5, 5.41) is 26.8. The van der Waals surface area contributed by atoms with Crippen LogP contribution in [-0.2, 0) is 9.59 Å². The van der Waals surface area contributed by atoms with E-state index in [0.29, 0.717) is 0 Å². The molecule has 0 amide bonds. The molecule has 1 aromatic rings. The molecule has 6 heteroatoms. The molecule has 0 unspecified atom stereocenters. The molecule has 1 aromatic carbocycles. The smallest absolute Gasteiger partial charge is 0.343 e. The molecule has 0 saturated heterocycles. The van der Waals surface area contributed by atoms with Gasteiger partial charge in [-0.1, -0.05) is 11.6 Å². The molecule has 3 N–H and O–H groups in total. The first-order valence-electron chi connectivity index (χ1n) is 4.08. The van der Waals surface area contributed by atoms with Gasteiger partial charge in [-0.3, -0.25) is 0 Å². The van der Waals surface area contributed by atoms with E-state index in [4.69, 9.17) is 21.8 Å². The number of phenols is 1. The van der Waals surface area contributed by atoms with Crippen molar-refractivity contribution in [3.8, 4) is 5.75 Å². The van der Waals surface area contributed by atoms with E-state index in [1.54, 1.807) is 0 Å². The Bertz CT molecular complexity index is 462. The molecule has 0 saturated carbocycles. The molecule has 0 bridgehead atoms. The minimum atomic E-state index is -1.59. The fourth-order valence-electron chi connectivity index (χ4n) is 1.01. The normalized spacial score (nSPS) is 9.56. The number of hydrogen-bond donors (Lipinski definition) is 3. The molecule has 5 nitrogen and oxygen atoms in total. The third-order valence-corrected chi connectivity index (χ3v) is 1.99. The number of carbonyl (C=O) groups is 2. The van der Waals surface area contributed by atoms with Crippen LogP contribution >= 0.6 is 11.6 Å². The van der Waals surface area contributed by atoms with Crippen LogP contribution in [0.3, 0.4) is 0 Å². The second-order valence-corrected chi connectivity index (χ2v) is 3.31. The average Bonchev–Trinajstić information content (AvgIpc) is 2.18. The Balaban J connectivity index is 3.28. The van der Waals surface area contributed by atoms with Crippen molar-refractivity contribution in [1.29, 1.82) is 0 Å². The van der Waals surface area contributed by atoms with E-state index in [0.717, 1.165) is 6.08 Å². The van der Waals surface area contributed by atoms with Crippen LogP contribution in [0.25, 0.3) is 6.08 Å². The summed E-state index contributed by atoms with van der Waals surface area (Å²) in [5.74, 6) is -3.43. The Morgan fingerprint density at radius 1 is 1.19 bits per heavy atom. The van der Waals surface area contributed by atoms with Crippen LogP contribution in [0.2, 0.25) is 5.02 Å². The first-order valence-corrected chi connectivity index (χ1v) is 4.46. The van der Waals surface area contributed by atoms with Crippen LogP contribution in [0, 0.1) is 0 Å². The predicted molar refractivity (Wildman–Crippen MR) is 56.4 cm³/mol. The molecule has 0 radical (unpaired) electrons. The van der Waals surface area contributed by atoms with Crippen LogP contribution in [0.1, 0.15) is 5.56 Å². The summed E-state index contributed by atoms with van der Waals surface area (Å²) in [6, 6.07) is 3.91. The van der Waals surface area contributed by atoms with Crippen molar-refractivity contribution in [3.05, 3.63) is 34.4 Å². The van der Waals surface area contributed by atoms with Crippen molar-refractivity contribution in [3.63, 3.8) is 0 Å². The molecule has 0 aliphatic heterocycles. The summed E-state index contributed by atoms with van der Waals surface area (Å²) >= 11 is 5.62. The summed E-state index contributed by atoms with van der Waals surface area (Å²) in [4.78, 5) is 21.2. The largest absolute Gasteiger partial charge is 0.507 e. The van der Waals surface area contributed by atoms with Crippen molar-refractivity contribution in [1.82, 2.24) is 0 Å². The monoisotopic (exact) mass is 242 g/mol. The lowest BCUT2D eigenvalue weighted by molar-refractivity contribution is -0.139. The van der Waals surface area contributed by atoms with Crippen molar-refractivity contribution < 1.29 is 24.9 Å². The van der Waals surface area contributed by atoms with Gasteiger partial charge in [0.15, 0.2) is 0 Å². The van der Waals surface area contributed by atoms with E-state index in [9.17, 15) is 14.7 Å². The van der Waals surface area contributed by atoms with Crippen LogP contribution in [0.4, 0.5) is 0 Å². The standard InChI is InChI=1S/C10H7ClO5/c11-6-1-2-8(12)5(3-6)4-7(9(13)14)10(15)16/h1-4,12H,(H,13,14)(H,15,16). The quantitative estimate of drug-likeness (QED) is 0.425. The molecule has 0 aliphatic carbocycles. The second kappa shape index (κ2) is 4.67. The molecule has 0 aromatic heterocycles. The number of rotatable bonds is 3. The van der Waals surface area contributed by atoms with Crippen LogP contribution in [0.5, 0.6) is 5.75 Å². The van der Waals surface area contributed by atoms with Crippen molar-refractivity contribution in [2.75, 3.05) is 0 Å². The maximum atomic E-state index is 10.6. The molecular formula is C10H7ClO5. The van der Waals surface area contributed by atoms with Crippen LogP contribution < -0.4 is 0 Å². The molecule has 16 heavy (non-hydrogen) atoms. The lowest BCUT2D eigenvalue weighted by Gasteiger charge is -2.01. The van der Waals surface area contributed by atoms with Gasteiger partial charge in [0.1, 0.15) is 11.3 Å². The van der Waals surface area contributed by atoms with E-state index >= 15 is 0 Å². The molecule has 0 fully saturated rings. The maximum Gasteiger partial charge on any atom is 0.343 e. The van der Waals surface area contributed by atoms with Gasteiger partial charge in [0, 0.05) is 10.6 Å². The number of benzene rings is 1. The third-order valence-electron chi connectivity index (χ3n) is 1.75. The van der Waals surface area contributed by atoms with E-state index in [1.807, 2.05) is 0 Å². The molecule has 84 valence electrons. The Hall–Kier alpha value is -2.01. The fraction of sp³-hybridized carbons (Fsp3) is 0. The number of carboxylic acids is 2. The third kappa shape index (κ3) is 2.74. The molecule has 0 aliphatic rings. The number of halogens is 1. The van der Waals surface area contributed by atoms with Gasteiger partial charge >= 0.3 is 11.9 Å². The Labute approximate surface area is 95.2 Å². The minimum absolute atomic E-state index is 0.0345. The number of carboxylic acid groups (broad SMARTS) is 2. The van der Waals surface area contributed by atoms with Gasteiger partial charge in [0.05, 0.1) is 0 Å². The van der Waals surface area contributed by atoms with Gasteiger partial charge in [-0.15, -0.1) is 0 Å². The minimum Gasteiger partial charge on any atom is -0.507 e. The summed E-state index contributed by atoms with van der Waals surface area (Å²) < 4.78 is 0. The topological polar surface area (TPSA) is 94.8 Å². The zero-order valence-electron chi connectivity index (χ0n) is 7.85. The van der Waals surface area contributed by atoms with Crippen LogP contribution in [-0.4, -0.2) is 27.3 Å². The van der Waals surface area contributed by atoms with E-state index in [2.05, 4.69) is 0 Å². The Kier molecular flexibility index (Phi) is 3.52. The van der Waals surface area contributed by atoms with Gasteiger partial charge in [-0.2, -0.15) is 0 Å². The van der Waals surface area contributed by atoms with Crippen molar-refractivity contribution in [2.24, 2.45) is 0 Å². The van der Waals surface area contributed by atoms with Gasteiger partial charge in [-0.25, -0.2) is 9.59 Å². The van der Waals surface area contributed by atoms with E-state index in [1.165, 1.54) is 18.2 Å². The highest BCUT2D eigenvalue weighted by molar-refractivity contribution is 6.30. The summed E-state index contributed by atoms with van der Waals surface area (Å²) in [7, 11) is 0. The summed E-state index contributed by atoms with van der Waals surface area (Å²) in [6.45, 7) is 0. The van der Waals surface area contributed by atoms with Gasteiger partial charge in [0.25, 0.3) is 0 Å². The lowest BCUT2D eigenvalue weighted by atomic mass is 10.1. The van der Waals surface area contributed by atoms with Crippen LogP contribution in [0.15, 0.2) is 23.8 Å². The molecule has 0 heterocycles. The fourth-order valence-corrected chi connectivity index (χ4v) is 1.19. The van der Waals surface area contributed by atoms with Gasteiger partial charge in [-0.05, 0) is 24.3 Å². The molecule has 0 atom stereocenters. The van der Waals surface area contributed by atoms with Crippen molar-refractivity contribution >= 4 is 29.6 Å². The van der Waals surface area contributed by atoms with E-state index < -0.39 is 17.5 Å². The van der Waals surface area contributed by atoms with E-state index in [-0.39, 0.29) is 16.3 Å². The van der Waals surface area contributed by atoms with Gasteiger partial charge in [0.2, 0.25) is 0 Å². The summed E-state index contributed by atoms with van der Waals surface area (Å²) in [6.07, 6.45) is 0.839. The first kappa shape index (κ1) is 12.1. The SMILES string of the molecule is O=C(O)C(=Cc1cc(Cl)ccc1O)C(=O)O. The molecular weight excluding hydrogens is 236 g/mol. The number of phenolic OH excluding ortho intramolecular Hbond substituents is 1. The zero-order chi connectivity index (χ0) is 12.3. The number of aliphatic carboxylic acids is 2. The Morgan fingerprint density at radius 2 is 1.75 bits per heavy atom. The first-order chi connectivity index (χ1) is 7.41. The maximum absolute atomic E-state index is 10.6. The second-order valence-electron chi connectivity index (χ2n) is 2.87. The Morgan fingerprint density at radius 3 is 2.25 bits per heavy atom. The highest BCUT2D eigenvalue weighted by Gasteiger charge is 2.16. The summed E-state index contributed by atoms with van der Waals surface area (Å²) in [5.41, 5.74) is -0.815. The lowest BCUT2D eigenvalue weighted by Crippen LogP contribution is -2.10.